The molecule has 37 heavy (non-hydrogen) atoms. The van der Waals surface area contributed by atoms with Gasteiger partial charge in [0.05, 0.1) is 18.5 Å². The molecule has 2 saturated heterocycles. The average molecular weight is 498 g/mol. The molecule has 8 heteroatoms. The number of nitrogens with zero attached hydrogens (tertiary/aromatic N) is 2. The molecule has 2 aliphatic heterocycles. The summed E-state index contributed by atoms with van der Waals surface area (Å²) in [4.78, 5) is 55.8. The third kappa shape index (κ3) is 4.58. The van der Waals surface area contributed by atoms with Crippen molar-refractivity contribution in [1.29, 1.82) is 0 Å². The van der Waals surface area contributed by atoms with E-state index in [9.17, 15) is 24.3 Å². The van der Waals surface area contributed by atoms with E-state index in [4.69, 9.17) is 5.73 Å². The van der Waals surface area contributed by atoms with Crippen molar-refractivity contribution in [3.8, 4) is 5.75 Å². The predicted octanol–water partition coefficient (Wildman–Crippen LogP) is 2.51. The van der Waals surface area contributed by atoms with E-state index in [0.717, 1.165) is 5.56 Å². The summed E-state index contributed by atoms with van der Waals surface area (Å²) in [5.41, 5.74) is 7.65. The number of likely N-dealkylation sites (tertiary alicyclic amines) is 2. The molecule has 2 fully saturated rings. The van der Waals surface area contributed by atoms with E-state index < -0.39 is 23.9 Å². The van der Waals surface area contributed by atoms with Crippen LogP contribution in [-0.2, 0) is 16.0 Å². The van der Waals surface area contributed by atoms with Gasteiger partial charge in [-0.1, -0.05) is 48.5 Å². The molecule has 3 atom stereocenters. The number of rotatable bonds is 6. The predicted molar refractivity (Wildman–Crippen MR) is 136 cm³/mol. The van der Waals surface area contributed by atoms with E-state index in [0.29, 0.717) is 24.1 Å². The number of Topliss-reactive ketones (excluding diaryl/α,β-unsaturated/α-hetero) is 1. The number of hydrogen-bond acceptors (Lipinski definition) is 5. The Morgan fingerprint density at radius 1 is 0.919 bits per heavy atom. The van der Waals surface area contributed by atoms with Gasteiger partial charge >= 0.3 is 0 Å². The van der Waals surface area contributed by atoms with Gasteiger partial charge in [-0.3, -0.25) is 19.2 Å². The standard InChI is InChI=1S/C29H27N3O5/c30-27(35)22-9-5-4-8-21(22)23(16-18-10-12-20(33)13-11-18)29(37)31-15-14-24-26(31)25(34)17-32(24)28(36)19-6-2-1-3-7-19/h1-13,23-24,26,33H,14-17H2,(H2,30,35)/t23-,24?,26?/m0/s1. The molecule has 3 aromatic carbocycles. The third-order valence-corrected chi connectivity index (χ3v) is 7.26. The Hall–Kier alpha value is -4.46. The molecule has 2 aliphatic rings. The fourth-order valence-electron chi connectivity index (χ4n) is 5.51. The molecule has 3 N–H and O–H groups in total. The molecule has 3 aromatic rings. The second-order valence-electron chi connectivity index (χ2n) is 9.47. The second-order valence-corrected chi connectivity index (χ2v) is 9.47. The Morgan fingerprint density at radius 2 is 1.59 bits per heavy atom. The number of amides is 3. The van der Waals surface area contributed by atoms with Crippen molar-refractivity contribution in [2.45, 2.75) is 30.8 Å². The summed E-state index contributed by atoms with van der Waals surface area (Å²) in [5, 5.41) is 9.68. The van der Waals surface area contributed by atoms with Crippen LogP contribution in [0.4, 0.5) is 0 Å². The number of phenols is 1. The van der Waals surface area contributed by atoms with Gasteiger partial charge in [0.2, 0.25) is 11.8 Å². The molecule has 0 radical (unpaired) electrons. The highest BCUT2D eigenvalue weighted by Crippen LogP contribution is 2.35. The van der Waals surface area contributed by atoms with Gasteiger partial charge in [-0.25, -0.2) is 0 Å². The molecule has 0 bridgehead atoms. The monoisotopic (exact) mass is 497 g/mol. The van der Waals surface area contributed by atoms with Crippen molar-refractivity contribution in [1.82, 2.24) is 9.80 Å². The van der Waals surface area contributed by atoms with Gasteiger partial charge in [0.25, 0.3) is 5.91 Å². The summed E-state index contributed by atoms with van der Waals surface area (Å²) in [6, 6.07) is 20.9. The number of primary amides is 1. The molecule has 0 spiro atoms. The van der Waals surface area contributed by atoms with Gasteiger partial charge in [-0.2, -0.15) is 0 Å². The van der Waals surface area contributed by atoms with E-state index in [1.54, 1.807) is 70.5 Å². The number of phenolic OH excluding ortho intramolecular Hbond substituents is 1. The number of benzene rings is 3. The maximum absolute atomic E-state index is 14.1. The Balaban J connectivity index is 1.46. The van der Waals surface area contributed by atoms with Crippen LogP contribution in [0.1, 0.15) is 44.2 Å². The summed E-state index contributed by atoms with van der Waals surface area (Å²) in [5.74, 6) is -2.02. The Labute approximate surface area is 214 Å². The molecule has 8 nitrogen and oxygen atoms in total. The van der Waals surface area contributed by atoms with E-state index in [1.165, 1.54) is 12.1 Å². The van der Waals surface area contributed by atoms with Gasteiger partial charge in [-0.05, 0) is 54.3 Å². The van der Waals surface area contributed by atoms with Crippen molar-refractivity contribution in [2.75, 3.05) is 13.1 Å². The van der Waals surface area contributed by atoms with Crippen molar-refractivity contribution in [2.24, 2.45) is 5.73 Å². The average Bonchev–Trinajstić information content (AvgIpc) is 3.49. The summed E-state index contributed by atoms with van der Waals surface area (Å²) in [7, 11) is 0. The first-order valence-electron chi connectivity index (χ1n) is 12.2. The van der Waals surface area contributed by atoms with Gasteiger partial charge in [-0.15, -0.1) is 0 Å². The Kier molecular flexibility index (Phi) is 6.48. The highest BCUT2D eigenvalue weighted by Gasteiger charge is 2.52. The van der Waals surface area contributed by atoms with Crippen molar-refractivity contribution in [3.05, 3.63) is 101 Å². The second kappa shape index (κ2) is 9.89. The van der Waals surface area contributed by atoms with Crippen LogP contribution in [-0.4, -0.2) is 63.6 Å². The topological polar surface area (TPSA) is 121 Å². The number of hydrogen-bond donors (Lipinski definition) is 2. The Bertz CT molecular complexity index is 1360. The van der Waals surface area contributed by atoms with Crippen molar-refractivity contribution >= 4 is 23.5 Å². The molecule has 5 rings (SSSR count). The zero-order valence-corrected chi connectivity index (χ0v) is 20.1. The van der Waals surface area contributed by atoms with Crippen LogP contribution < -0.4 is 5.73 Å². The van der Waals surface area contributed by atoms with E-state index >= 15 is 0 Å². The zero-order chi connectivity index (χ0) is 26.1. The first-order valence-corrected chi connectivity index (χ1v) is 12.2. The van der Waals surface area contributed by atoms with Crippen LogP contribution in [0.25, 0.3) is 0 Å². The minimum Gasteiger partial charge on any atom is -0.508 e. The van der Waals surface area contributed by atoms with Crippen LogP contribution in [0.15, 0.2) is 78.9 Å². The molecule has 0 saturated carbocycles. The lowest BCUT2D eigenvalue weighted by Crippen LogP contribution is -2.45. The van der Waals surface area contributed by atoms with Crippen LogP contribution in [0, 0.1) is 0 Å². The van der Waals surface area contributed by atoms with Crippen molar-refractivity contribution in [3.63, 3.8) is 0 Å². The quantitative estimate of drug-likeness (QED) is 0.542. The van der Waals surface area contributed by atoms with Gasteiger partial charge in [0.15, 0.2) is 5.78 Å². The van der Waals surface area contributed by atoms with Crippen LogP contribution in [0.5, 0.6) is 5.75 Å². The van der Waals surface area contributed by atoms with Crippen molar-refractivity contribution < 1.29 is 24.3 Å². The number of carbonyl (C=O) groups is 4. The van der Waals surface area contributed by atoms with E-state index in [2.05, 4.69) is 0 Å². The maximum Gasteiger partial charge on any atom is 0.254 e. The normalized spacial score (nSPS) is 19.5. The number of carbonyl (C=O) groups excluding carboxylic acids is 4. The molecule has 188 valence electrons. The minimum absolute atomic E-state index is 0.0483. The molecular weight excluding hydrogens is 470 g/mol. The summed E-state index contributed by atoms with van der Waals surface area (Å²) < 4.78 is 0. The fraction of sp³-hybridized carbons (Fsp3) is 0.241. The molecular formula is C29H27N3O5. The molecule has 3 amide bonds. The SMILES string of the molecule is NC(=O)c1ccccc1[C@H](Cc1ccc(O)cc1)C(=O)N1CCC2C1C(=O)CN2C(=O)c1ccccc1. The molecule has 2 unspecified atom stereocenters. The molecule has 0 aliphatic carbocycles. The lowest BCUT2D eigenvalue weighted by atomic mass is 9.87. The maximum atomic E-state index is 14.1. The number of nitrogens with two attached hydrogens (primary N) is 1. The smallest absolute Gasteiger partial charge is 0.254 e. The third-order valence-electron chi connectivity index (χ3n) is 7.26. The number of ketones is 1. The fourth-order valence-corrected chi connectivity index (χ4v) is 5.51. The van der Waals surface area contributed by atoms with Crippen LogP contribution in [0.3, 0.4) is 0 Å². The van der Waals surface area contributed by atoms with Crippen LogP contribution in [0.2, 0.25) is 0 Å². The minimum atomic E-state index is -0.779. The molecule has 2 heterocycles. The molecule has 0 aromatic heterocycles. The summed E-state index contributed by atoms with van der Waals surface area (Å²) >= 11 is 0. The number of fused-ring (bicyclic) bond motifs is 1. The summed E-state index contributed by atoms with van der Waals surface area (Å²) in [6.45, 7) is 0.274. The van der Waals surface area contributed by atoms with Gasteiger partial charge in [0, 0.05) is 17.7 Å². The highest BCUT2D eigenvalue weighted by atomic mass is 16.3. The first-order chi connectivity index (χ1) is 17.8. The van der Waals surface area contributed by atoms with E-state index in [1.807, 2.05) is 6.07 Å². The Morgan fingerprint density at radius 3 is 2.30 bits per heavy atom. The zero-order valence-electron chi connectivity index (χ0n) is 20.1. The summed E-state index contributed by atoms with van der Waals surface area (Å²) in [6.07, 6.45) is 0.738. The van der Waals surface area contributed by atoms with Crippen LogP contribution >= 0.6 is 0 Å². The van der Waals surface area contributed by atoms with Gasteiger partial charge in [0.1, 0.15) is 11.8 Å². The largest absolute Gasteiger partial charge is 0.508 e. The highest BCUT2D eigenvalue weighted by molar-refractivity contribution is 6.03. The number of aromatic hydroxyl groups is 1. The lowest BCUT2D eigenvalue weighted by molar-refractivity contribution is -0.137. The van der Waals surface area contributed by atoms with E-state index in [-0.39, 0.29) is 41.9 Å². The first kappa shape index (κ1) is 24.2. The van der Waals surface area contributed by atoms with Gasteiger partial charge < -0.3 is 20.6 Å². The lowest BCUT2D eigenvalue weighted by Gasteiger charge is -2.29.